The van der Waals surface area contributed by atoms with Crippen molar-refractivity contribution >= 4 is 24.8 Å². The van der Waals surface area contributed by atoms with E-state index >= 15 is 0 Å². The number of piperidine rings is 1. The Morgan fingerprint density at radius 2 is 1.69 bits per heavy atom. The summed E-state index contributed by atoms with van der Waals surface area (Å²) in [4.78, 5) is 1.83. The van der Waals surface area contributed by atoms with E-state index in [4.69, 9.17) is 0 Å². The molecule has 0 aliphatic carbocycles. The maximum absolute atomic E-state index is 3.93. The molecule has 1 aromatic heterocycles. The van der Waals surface area contributed by atoms with Gasteiger partial charge in [0.05, 0.1) is 12.4 Å². The summed E-state index contributed by atoms with van der Waals surface area (Å²) in [7, 11) is 0. The molecule has 1 aliphatic rings. The number of aromatic nitrogens is 3. The van der Waals surface area contributed by atoms with Gasteiger partial charge in [0.15, 0.2) is 0 Å². The van der Waals surface area contributed by atoms with E-state index in [9.17, 15) is 0 Å². The Morgan fingerprint density at radius 3 is 2.23 bits per heavy atom. The van der Waals surface area contributed by atoms with Gasteiger partial charge < -0.3 is 0 Å². The first-order valence-corrected chi connectivity index (χ1v) is 4.08. The van der Waals surface area contributed by atoms with Gasteiger partial charge in [-0.1, -0.05) is 0 Å². The van der Waals surface area contributed by atoms with Gasteiger partial charge in [0, 0.05) is 13.1 Å². The van der Waals surface area contributed by atoms with Crippen molar-refractivity contribution in [1.29, 1.82) is 0 Å². The van der Waals surface area contributed by atoms with Crippen molar-refractivity contribution < 1.29 is 0 Å². The van der Waals surface area contributed by atoms with Crippen molar-refractivity contribution in [1.82, 2.24) is 15.1 Å². The fourth-order valence-electron chi connectivity index (χ4n) is 1.43. The fraction of sp³-hybridized carbons (Fsp3) is 0.714. The molecule has 0 aromatic carbocycles. The number of hydrogen-bond acceptors (Lipinski definition) is 3. The SMILES string of the molecule is Cl.Cl.c1cn(N2CCCCC2)nn1. The summed E-state index contributed by atoms with van der Waals surface area (Å²) < 4.78 is 0. The van der Waals surface area contributed by atoms with Crippen LogP contribution in [-0.2, 0) is 0 Å². The molecule has 0 unspecified atom stereocenters. The van der Waals surface area contributed by atoms with Crippen molar-refractivity contribution in [3.8, 4) is 0 Å². The predicted molar refractivity (Wildman–Crippen MR) is 56.3 cm³/mol. The van der Waals surface area contributed by atoms with Crippen LogP contribution in [0, 0.1) is 0 Å². The van der Waals surface area contributed by atoms with Gasteiger partial charge in [-0.25, -0.2) is 0 Å². The van der Waals surface area contributed by atoms with E-state index in [0.717, 1.165) is 13.1 Å². The molecule has 0 radical (unpaired) electrons. The Labute approximate surface area is 90.1 Å². The first-order chi connectivity index (χ1) is 5.47. The molecule has 76 valence electrons. The van der Waals surface area contributed by atoms with Crippen LogP contribution in [0.15, 0.2) is 12.4 Å². The van der Waals surface area contributed by atoms with E-state index in [2.05, 4.69) is 15.3 Å². The minimum atomic E-state index is 0. The Kier molecular flexibility index (Phi) is 5.82. The normalized spacial score (nSPS) is 15.8. The Hall–Kier alpha value is -0.480. The minimum absolute atomic E-state index is 0. The molecule has 2 rings (SSSR count). The highest BCUT2D eigenvalue weighted by Gasteiger charge is 2.09. The Balaban J connectivity index is 0.000000720. The maximum atomic E-state index is 3.93. The van der Waals surface area contributed by atoms with Gasteiger partial charge in [-0.15, -0.1) is 29.9 Å². The molecule has 0 N–H and O–H groups in total. The Bertz CT molecular complexity index is 208. The molecular formula is C7H14Cl2N4. The summed E-state index contributed by atoms with van der Waals surface area (Å²) in [6.45, 7) is 2.23. The summed E-state index contributed by atoms with van der Waals surface area (Å²) in [5, 5.41) is 9.92. The van der Waals surface area contributed by atoms with Crippen LogP contribution >= 0.6 is 24.8 Å². The van der Waals surface area contributed by atoms with Crippen molar-refractivity contribution in [2.45, 2.75) is 19.3 Å². The lowest BCUT2D eigenvalue weighted by atomic mass is 10.2. The molecule has 13 heavy (non-hydrogen) atoms. The summed E-state index contributed by atoms with van der Waals surface area (Å²) >= 11 is 0. The van der Waals surface area contributed by atoms with Crippen LogP contribution in [0.1, 0.15) is 19.3 Å². The lowest BCUT2D eigenvalue weighted by molar-refractivity contribution is 0.441. The van der Waals surface area contributed by atoms with E-state index in [1.54, 1.807) is 6.20 Å². The summed E-state index contributed by atoms with van der Waals surface area (Å²) in [6, 6.07) is 0. The van der Waals surface area contributed by atoms with E-state index in [0.29, 0.717) is 0 Å². The van der Waals surface area contributed by atoms with Crippen LogP contribution < -0.4 is 5.01 Å². The Morgan fingerprint density at radius 1 is 1.00 bits per heavy atom. The number of halogens is 2. The first-order valence-electron chi connectivity index (χ1n) is 4.08. The van der Waals surface area contributed by atoms with E-state index in [1.165, 1.54) is 19.3 Å². The first kappa shape index (κ1) is 12.5. The lowest BCUT2D eigenvalue weighted by Crippen LogP contribution is -2.39. The highest BCUT2D eigenvalue weighted by molar-refractivity contribution is 5.85. The monoisotopic (exact) mass is 224 g/mol. The molecule has 0 spiro atoms. The highest BCUT2D eigenvalue weighted by atomic mass is 35.5. The zero-order valence-corrected chi connectivity index (χ0v) is 8.93. The van der Waals surface area contributed by atoms with E-state index in [1.807, 2.05) is 11.0 Å². The smallest absolute Gasteiger partial charge is 0.0715 e. The maximum Gasteiger partial charge on any atom is 0.0715 e. The average molecular weight is 225 g/mol. The third-order valence-corrected chi connectivity index (χ3v) is 2.03. The van der Waals surface area contributed by atoms with Crippen molar-refractivity contribution in [3.63, 3.8) is 0 Å². The standard InChI is InChI=1S/C7H12N4.2ClH/c1-2-5-10(6-3-1)11-7-4-8-9-11;;/h4,7H,1-3,5-6H2;2*1H. The van der Waals surface area contributed by atoms with Gasteiger partial charge >= 0.3 is 0 Å². The molecule has 6 heteroatoms. The van der Waals surface area contributed by atoms with Crippen molar-refractivity contribution in [2.24, 2.45) is 0 Å². The molecule has 0 atom stereocenters. The third-order valence-electron chi connectivity index (χ3n) is 2.03. The minimum Gasteiger partial charge on any atom is -0.296 e. The van der Waals surface area contributed by atoms with Gasteiger partial charge in [0.2, 0.25) is 0 Å². The molecule has 0 amide bonds. The van der Waals surface area contributed by atoms with Crippen LogP contribution in [0.25, 0.3) is 0 Å². The van der Waals surface area contributed by atoms with Crippen LogP contribution in [0.4, 0.5) is 0 Å². The van der Waals surface area contributed by atoms with Crippen LogP contribution in [-0.4, -0.2) is 28.2 Å². The molecule has 1 saturated heterocycles. The summed E-state index contributed by atoms with van der Waals surface area (Å²) in [5.41, 5.74) is 0. The van der Waals surface area contributed by atoms with Crippen LogP contribution in [0.3, 0.4) is 0 Å². The molecule has 1 aliphatic heterocycles. The van der Waals surface area contributed by atoms with Crippen molar-refractivity contribution in [2.75, 3.05) is 18.1 Å². The molecule has 1 aromatic rings. The highest BCUT2D eigenvalue weighted by Crippen LogP contribution is 2.06. The van der Waals surface area contributed by atoms with Gasteiger partial charge in [0.1, 0.15) is 0 Å². The second-order valence-electron chi connectivity index (χ2n) is 2.84. The molecule has 4 nitrogen and oxygen atoms in total. The average Bonchev–Trinajstić information content (AvgIpc) is 2.58. The van der Waals surface area contributed by atoms with E-state index in [-0.39, 0.29) is 24.8 Å². The van der Waals surface area contributed by atoms with Gasteiger partial charge in [0.25, 0.3) is 0 Å². The second kappa shape index (κ2) is 6.05. The molecule has 2 heterocycles. The van der Waals surface area contributed by atoms with Gasteiger partial charge in [-0.05, 0) is 24.5 Å². The molecular weight excluding hydrogens is 211 g/mol. The van der Waals surface area contributed by atoms with Gasteiger partial charge in [-0.3, -0.25) is 5.01 Å². The zero-order valence-electron chi connectivity index (χ0n) is 7.30. The molecule has 0 bridgehead atoms. The van der Waals surface area contributed by atoms with Gasteiger partial charge in [-0.2, -0.15) is 4.79 Å². The number of hydrogen-bond donors (Lipinski definition) is 0. The zero-order chi connectivity index (χ0) is 7.52. The number of nitrogens with zero attached hydrogens (tertiary/aromatic N) is 4. The van der Waals surface area contributed by atoms with Crippen LogP contribution in [0.5, 0.6) is 0 Å². The quantitative estimate of drug-likeness (QED) is 0.721. The van der Waals surface area contributed by atoms with E-state index < -0.39 is 0 Å². The molecule has 0 saturated carbocycles. The second-order valence-corrected chi connectivity index (χ2v) is 2.84. The number of rotatable bonds is 1. The third kappa shape index (κ3) is 3.04. The topological polar surface area (TPSA) is 34.0 Å². The predicted octanol–water partition coefficient (Wildman–Crippen LogP) is 1.24. The van der Waals surface area contributed by atoms with Crippen LogP contribution in [0.2, 0.25) is 0 Å². The van der Waals surface area contributed by atoms with Crippen molar-refractivity contribution in [3.05, 3.63) is 12.4 Å². The summed E-state index contributed by atoms with van der Waals surface area (Å²) in [5.74, 6) is 0. The fourth-order valence-corrected chi connectivity index (χ4v) is 1.43. The summed E-state index contributed by atoms with van der Waals surface area (Å²) in [6.07, 6.45) is 7.52. The largest absolute Gasteiger partial charge is 0.296 e. The molecule has 1 fully saturated rings. The lowest BCUT2D eigenvalue weighted by Gasteiger charge is -2.27.